The van der Waals surface area contributed by atoms with Crippen molar-refractivity contribution in [2.45, 2.75) is 290 Å². The van der Waals surface area contributed by atoms with Crippen molar-refractivity contribution in [1.29, 1.82) is 0 Å². The molecule has 0 N–H and O–H groups in total. The van der Waals surface area contributed by atoms with E-state index in [4.69, 9.17) is 14.2 Å². The summed E-state index contributed by atoms with van der Waals surface area (Å²) in [7, 11) is 0. The van der Waals surface area contributed by atoms with Crippen LogP contribution in [-0.2, 0) is 28.6 Å². The number of hydrogen-bond acceptors (Lipinski definition) is 6. The Balaban J connectivity index is 4.44. The molecule has 6 heteroatoms. The number of hydrogen-bond donors (Lipinski definition) is 0. The molecular formula is C68H114O6. The van der Waals surface area contributed by atoms with Crippen molar-refractivity contribution in [3.63, 3.8) is 0 Å². The molecule has 0 saturated heterocycles. The minimum absolute atomic E-state index is 0.0894. The van der Waals surface area contributed by atoms with Gasteiger partial charge < -0.3 is 14.2 Å². The summed E-state index contributed by atoms with van der Waals surface area (Å²) < 4.78 is 16.9. The van der Waals surface area contributed by atoms with E-state index in [9.17, 15) is 14.4 Å². The van der Waals surface area contributed by atoms with Crippen molar-refractivity contribution in [2.24, 2.45) is 0 Å². The first kappa shape index (κ1) is 70.1. The Bertz CT molecular complexity index is 1510. The average molecular weight is 1030 g/mol. The molecule has 1 atom stereocenters. The molecule has 0 rings (SSSR count). The molecule has 0 aromatic rings. The van der Waals surface area contributed by atoms with Gasteiger partial charge in [0.2, 0.25) is 0 Å². The fraction of sp³-hybridized carbons (Fsp3) is 0.691. The van der Waals surface area contributed by atoms with Gasteiger partial charge in [0, 0.05) is 19.3 Å². The van der Waals surface area contributed by atoms with E-state index in [1.165, 1.54) is 109 Å². The fourth-order valence-electron chi connectivity index (χ4n) is 8.46. The standard InChI is InChI=1S/C68H114O6/c1-4-7-10-13-16-19-22-25-28-31-32-33-34-35-36-38-40-43-46-49-52-55-58-61-67(70)73-64-65(63-72-66(69)60-57-54-51-48-45-42-39-30-27-24-21-18-15-12-9-6-3)74-68(71)62-59-56-53-50-47-44-41-37-29-26-23-20-17-14-11-8-5-2/h7-8,10-11,16-17,19-20,25-26,28-29,32-33,35-36,40,43,65H,4-6,9,12-15,18,21-24,27,30-31,34,37-39,41-42,44-64H2,1-3H3/b10-7-,11-8-,19-16-,20-17-,28-25-,29-26-,33-32-,36-35-,43-40-. The van der Waals surface area contributed by atoms with Crippen molar-refractivity contribution in [3.8, 4) is 0 Å². The van der Waals surface area contributed by atoms with E-state index >= 15 is 0 Å². The lowest BCUT2D eigenvalue weighted by Crippen LogP contribution is -2.30. The maximum absolute atomic E-state index is 12.9. The lowest BCUT2D eigenvalue weighted by Gasteiger charge is -2.18. The lowest BCUT2D eigenvalue weighted by atomic mass is 10.0. The first-order chi connectivity index (χ1) is 36.5. The summed E-state index contributed by atoms with van der Waals surface area (Å²) in [6, 6.07) is 0. The van der Waals surface area contributed by atoms with Crippen molar-refractivity contribution in [1.82, 2.24) is 0 Å². The predicted molar refractivity (Wildman–Crippen MR) is 320 cm³/mol. The summed E-state index contributed by atoms with van der Waals surface area (Å²) in [5, 5.41) is 0. The highest BCUT2D eigenvalue weighted by molar-refractivity contribution is 5.71. The Hall–Kier alpha value is -3.93. The minimum Gasteiger partial charge on any atom is -0.462 e. The summed E-state index contributed by atoms with van der Waals surface area (Å²) in [6.45, 7) is 6.41. The Labute approximate surface area is 457 Å². The maximum atomic E-state index is 12.9. The van der Waals surface area contributed by atoms with E-state index in [0.717, 1.165) is 135 Å². The van der Waals surface area contributed by atoms with Gasteiger partial charge in [0.15, 0.2) is 6.10 Å². The summed E-state index contributed by atoms with van der Waals surface area (Å²) in [4.78, 5) is 38.3. The summed E-state index contributed by atoms with van der Waals surface area (Å²) >= 11 is 0. The number of unbranched alkanes of at least 4 members (excludes halogenated alkanes) is 26. The topological polar surface area (TPSA) is 78.9 Å². The van der Waals surface area contributed by atoms with Gasteiger partial charge >= 0.3 is 17.9 Å². The van der Waals surface area contributed by atoms with Crippen LogP contribution in [0.4, 0.5) is 0 Å². The normalized spacial score (nSPS) is 12.9. The van der Waals surface area contributed by atoms with Crippen LogP contribution in [0.5, 0.6) is 0 Å². The Kier molecular flexibility index (Phi) is 58.3. The third-order valence-electron chi connectivity index (χ3n) is 13.0. The first-order valence-corrected chi connectivity index (χ1v) is 30.9. The number of carbonyl (C=O) groups is 3. The molecule has 0 saturated carbocycles. The molecule has 6 nitrogen and oxygen atoms in total. The minimum atomic E-state index is -0.796. The van der Waals surface area contributed by atoms with Crippen molar-refractivity contribution >= 4 is 17.9 Å². The highest BCUT2D eigenvalue weighted by Crippen LogP contribution is 2.16. The van der Waals surface area contributed by atoms with Crippen LogP contribution in [-0.4, -0.2) is 37.2 Å². The van der Waals surface area contributed by atoms with Gasteiger partial charge in [-0.1, -0.05) is 271 Å². The van der Waals surface area contributed by atoms with Crippen LogP contribution >= 0.6 is 0 Å². The molecule has 0 fully saturated rings. The van der Waals surface area contributed by atoms with Gasteiger partial charge in [0.25, 0.3) is 0 Å². The summed E-state index contributed by atoms with van der Waals surface area (Å²) in [6.07, 6.45) is 83.7. The van der Waals surface area contributed by atoms with Gasteiger partial charge in [-0.25, -0.2) is 0 Å². The zero-order chi connectivity index (χ0) is 53.6. The summed E-state index contributed by atoms with van der Waals surface area (Å²) in [5.41, 5.74) is 0. The SMILES string of the molecule is CC/C=C\C/C=C\C/C=C\C/C=C\C/C=C\C/C=C\CCCCCCC(=O)OCC(COC(=O)CCCCCCCCCCCCCCCCCC)OC(=O)CCCCCCCCC/C=C\C/C=C\C/C=C\CC. The molecule has 0 radical (unpaired) electrons. The molecule has 0 heterocycles. The molecule has 422 valence electrons. The molecule has 0 aliphatic rings. The number of rotatable bonds is 55. The van der Waals surface area contributed by atoms with Gasteiger partial charge in [0.05, 0.1) is 0 Å². The molecule has 0 bridgehead atoms. The number of ether oxygens (including phenoxy) is 3. The first-order valence-electron chi connectivity index (χ1n) is 30.9. The van der Waals surface area contributed by atoms with Crippen molar-refractivity contribution < 1.29 is 28.6 Å². The van der Waals surface area contributed by atoms with Gasteiger partial charge in [0.1, 0.15) is 13.2 Å². The van der Waals surface area contributed by atoms with Crippen LogP contribution < -0.4 is 0 Å². The smallest absolute Gasteiger partial charge is 0.306 e. The maximum Gasteiger partial charge on any atom is 0.306 e. The highest BCUT2D eigenvalue weighted by atomic mass is 16.6. The molecule has 0 aromatic heterocycles. The molecule has 0 aliphatic heterocycles. The van der Waals surface area contributed by atoms with Gasteiger partial charge in [-0.2, -0.15) is 0 Å². The Morgan fingerprint density at radius 1 is 0.284 bits per heavy atom. The average Bonchev–Trinajstić information content (AvgIpc) is 3.40. The van der Waals surface area contributed by atoms with Crippen LogP contribution in [0.15, 0.2) is 109 Å². The molecule has 0 aromatic carbocycles. The van der Waals surface area contributed by atoms with E-state index in [1.54, 1.807) is 0 Å². The van der Waals surface area contributed by atoms with Crippen LogP contribution in [0.2, 0.25) is 0 Å². The second kappa shape index (κ2) is 61.6. The monoisotopic (exact) mass is 1030 g/mol. The molecule has 74 heavy (non-hydrogen) atoms. The van der Waals surface area contributed by atoms with E-state index < -0.39 is 6.10 Å². The van der Waals surface area contributed by atoms with Crippen LogP contribution in [0.1, 0.15) is 284 Å². The van der Waals surface area contributed by atoms with Crippen LogP contribution in [0, 0.1) is 0 Å². The lowest BCUT2D eigenvalue weighted by molar-refractivity contribution is -0.167. The Morgan fingerprint density at radius 2 is 0.527 bits per heavy atom. The third kappa shape index (κ3) is 59.0. The summed E-state index contributed by atoms with van der Waals surface area (Å²) in [5.74, 6) is -0.918. The number of carbonyl (C=O) groups excluding carboxylic acids is 3. The molecule has 0 aliphatic carbocycles. The van der Waals surface area contributed by atoms with Gasteiger partial charge in [-0.15, -0.1) is 0 Å². The largest absolute Gasteiger partial charge is 0.462 e. The van der Waals surface area contributed by atoms with Gasteiger partial charge in [-0.05, 0) is 103 Å². The van der Waals surface area contributed by atoms with E-state index in [-0.39, 0.29) is 31.1 Å². The molecule has 1 unspecified atom stereocenters. The zero-order valence-corrected chi connectivity index (χ0v) is 48.3. The quantitative estimate of drug-likeness (QED) is 0.0261. The van der Waals surface area contributed by atoms with E-state index in [2.05, 4.69) is 130 Å². The van der Waals surface area contributed by atoms with Gasteiger partial charge in [-0.3, -0.25) is 14.4 Å². The van der Waals surface area contributed by atoms with Crippen LogP contribution in [0.25, 0.3) is 0 Å². The molecule has 0 spiro atoms. The molecular weight excluding hydrogens is 913 g/mol. The van der Waals surface area contributed by atoms with E-state index in [1.807, 2.05) is 0 Å². The number of esters is 3. The van der Waals surface area contributed by atoms with Crippen molar-refractivity contribution in [3.05, 3.63) is 109 Å². The predicted octanol–water partition coefficient (Wildman–Crippen LogP) is 21.0. The molecule has 0 amide bonds. The van der Waals surface area contributed by atoms with Crippen LogP contribution in [0.3, 0.4) is 0 Å². The fourth-order valence-corrected chi connectivity index (χ4v) is 8.46. The van der Waals surface area contributed by atoms with E-state index in [0.29, 0.717) is 19.3 Å². The zero-order valence-electron chi connectivity index (χ0n) is 48.3. The number of allylic oxidation sites excluding steroid dienone is 18. The second-order valence-electron chi connectivity index (χ2n) is 20.2. The third-order valence-corrected chi connectivity index (χ3v) is 13.0. The Morgan fingerprint density at radius 3 is 0.824 bits per heavy atom. The van der Waals surface area contributed by atoms with Crippen molar-refractivity contribution in [2.75, 3.05) is 13.2 Å². The highest BCUT2D eigenvalue weighted by Gasteiger charge is 2.19. The second-order valence-corrected chi connectivity index (χ2v) is 20.2.